The second-order valence-electron chi connectivity index (χ2n) is 5.18. The molecule has 2 N–H and O–H groups in total. The van der Waals surface area contributed by atoms with Crippen LogP contribution in [-0.2, 0) is 4.79 Å². The summed E-state index contributed by atoms with van der Waals surface area (Å²) in [6.07, 6.45) is 2.99. The normalized spacial score (nSPS) is 13.1. The van der Waals surface area contributed by atoms with Gasteiger partial charge in [0, 0.05) is 5.56 Å². The zero-order valence-corrected chi connectivity index (χ0v) is 12.9. The van der Waals surface area contributed by atoms with Gasteiger partial charge in [-0.05, 0) is 42.0 Å². The Hall–Kier alpha value is -3.28. The number of methoxy groups -OCH3 is 1. The van der Waals surface area contributed by atoms with Crippen LogP contribution in [0.15, 0.2) is 42.5 Å². The third kappa shape index (κ3) is 3.22. The van der Waals surface area contributed by atoms with E-state index in [1.54, 1.807) is 36.4 Å². The number of nitrogens with one attached hydrogen (secondary N) is 1. The lowest BCUT2D eigenvalue weighted by molar-refractivity contribution is -0.118. The maximum atomic E-state index is 12.3. The van der Waals surface area contributed by atoms with Crippen molar-refractivity contribution in [3.63, 3.8) is 0 Å². The Morgan fingerprint density at radius 2 is 2.12 bits per heavy atom. The molecule has 0 unspecified atom stereocenters. The van der Waals surface area contributed by atoms with Crippen molar-refractivity contribution < 1.29 is 24.2 Å². The van der Waals surface area contributed by atoms with Gasteiger partial charge in [0.15, 0.2) is 23.9 Å². The molecule has 122 valence electrons. The minimum absolute atomic E-state index is 0.000686. The molecule has 0 saturated carbocycles. The fourth-order valence-corrected chi connectivity index (χ4v) is 2.32. The monoisotopic (exact) mass is 325 g/mol. The first-order valence-electron chi connectivity index (χ1n) is 7.23. The van der Waals surface area contributed by atoms with Gasteiger partial charge in [-0.3, -0.25) is 9.59 Å². The highest BCUT2D eigenvalue weighted by molar-refractivity contribution is 6.08. The summed E-state index contributed by atoms with van der Waals surface area (Å²) < 4.78 is 10.2. The van der Waals surface area contributed by atoms with Gasteiger partial charge in [-0.2, -0.15) is 0 Å². The number of hydrogen-bond acceptors (Lipinski definition) is 5. The molecule has 1 aliphatic heterocycles. The summed E-state index contributed by atoms with van der Waals surface area (Å²) in [5.41, 5.74) is 1.57. The molecule has 2 aromatic rings. The molecular weight excluding hydrogens is 310 g/mol. The van der Waals surface area contributed by atoms with Crippen molar-refractivity contribution in [1.82, 2.24) is 0 Å². The molecule has 1 amide bonds. The third-order valence-corrected chi connectivity index (χ3v) is 3.53. The number of allylic oxidation sites excluding steroid dienone is 1. The van der Waals surface area contributed by atoms with Gasteiger partial charge in [0.05, 0.1) is 12.8 Å². The molecule has 0 saturated heterocycles. The van der Waals surface area contributed by atoms with E-state index in [1.807, 2.05) is 0 Å². The highest BCUT2D eigenvalue weighted by Crippen LogP contribution is 2.29. The lowest BCUT2D eigenvalue weighted by atomic mass is 10.1. The van der Waals surface area contributed by atoms with Crippen LogP contribution >= 0.6 is 0 Å². The SMILES string of the molecule is COc1ccc(/C=C/C(=O)c2ccc3c(c2)NC(=O)CO3)cc1O. The number of carbonyl (C=O) groups is 2. The predicted molar refractivity (Wildman–Crippen MR) is 88.6 cm³/mol. The Morgan fingerprint density at radius 3 is 2.88 bits per heavy atom. The zero-order valence-electron chi connectivity index (χ0n) is 12.9. The van der Waals surface area contributed by atoms with E-state index < -0.39 is 0 Å². The van der Waals surface area contributed by atoms with Crippen LogP contribution in [0.25, 0.3) is 6.08 Å². The smallest absolute Gasteiger partial charge is 0.262 e. The van der Waals surface area contributed by atoms with Gasteiger partial charge in [-0.15, -0.1) is 0 Å². The number of hydrogen-bond donors (Lipinski definition) is 2. The minimum Gasteiger partial charge on any atom is -0.504 e. The summed E-state index contributed by atoms with van der Waals surface area (Å²) >= 11 is 0. The molecule has 0 bridgehead atoms. The Morgan fingerprint density at radius 1 is 1.29 bits per heavy atom. The van der Waals surface area contributed by atoms with Gasteiger partial charge in [-0.25, -0.2) is 0 Å². The van der Waals surface area contributed by atoms with E-state index in [9.17, 15) is 14.7 Å². The van der Waals surface area contributed by atoms with E-state index in [0.29, 0.717) is 28.3 Å². The number of phenols is 1. The van der Waals surface area contributed by atoms with Crippen LogP contribution in [0.1, 0.15) is 15.9 Å². The standard InChI is InChI=1S/C18H15NO5/c1-23-17-6-3-11(8-15(17)21)2-5-14(20)12-4-7-16-13(9-12)19-18(22)10-24-16/h2-9,21H,10H2,1H3,(H,19,22)/b5-2+. The van der Waals surface area contributed by atoms with Crippen molar-refractivity contribution in [3.05, 3.63) is 53.6 Å². The maximum Gasteiger partial charge on any atom is 0.262 e. The molecule has 1 aliphatic rings. The zero-order chi connectivity index (χ0) is 17.1. The van der Waals surface area contributed by atoms with Gasteiger partial charge in [0.25, 0.3) is 5.91 Å². The van der Waals surface area contributed by atoms with Crippen molar-refractivity contribution in [2.24, 2.45) is 0 Å². The fraction of sp³-hybridized carbons (Fsp3) is 0.111. The summed E-state index contributed by atoms with van der Waals surface area (Å²) in [6.45, 7) is -0.0266. The Kier molecular flexibility index (Phi) is 4.20. The van der Waals surface area contributed by atoms with E-state index in [4.69, 9.17) is 9.47 Å². The highest BCUT2D eigenvalue weighted by atomic mass is 16.5. The molecule has 3 rings (SSSR count). The summed E-state index contributed by atoms with van der Waals surface area (Å²) in [5.74, 6) is 0.420. The van der Waals surface area contributed by atoms with Crippen LogP contribution in [0.5, 0.6) is 17.2 Å². The number of phenolic OH excluding ortho intramolecular Hbond substituents is 1. The Balaban J connectivity index is 1.78. The van der Waals surface area contributed by atoms with Crippen LogP contribution < -0.4 is 14.8 Å². The second kappa shape index (κ2) is 6.45. The number of carbonyl (C=O) groups excluding carboxylic acids is 2. The lowest BCUT2D eigenvalue weighted by Crippen LogP contribution is -2.25. The van der Waals surface area contributed by atoms with E-state index in [1.165, 1.54) is 19.3 Å². The van der Waals surface area contributed by atoms with Crippen LogP contribution in [-0.4, -0.2) is 30.5 Å². The topological polar surface area (TPSA) is 84.9 Å². The molecular formula is C18H15NO5. The number of fused-ring (bicyclic) bond motifs is 1. The van der Waals surface area contributed by atoms with Crippen LogP contribution in [0.4, 0.5) is 5.69 Å². The minimum atomic E-state index is -0.253. The van der Waals surface area contributed by atoms with E-state index in [-0.39, 0.29) is 24.0 Å². The van der Waals surface area contributed by atoms with E-state index >= 15 is 0 Å². The molecule has 0 radical (unpaired) electrons. The van der Waals surface area contributed by atoms with Crippen LogP contribution in [0.2, 0.25) is 0 Å². The van der Waals surface area contributed by atoms with E-state index in [0.717, 1.165) is 0 Å². The first kappa shape index (κ1) is 15.6. The maximum absolute atomic E-state index is 12.3. The molecule has 0 aliphatic carbocycles. The lowest BCUT2D eigenvalue weighted by Gasteiger charge is -2.17. The van der Waals surface area contributed by atoms with Crippen molar-refractivity contribution in [2.45, 2.75) is 0 Å². The van der Waals surface area contributed by atoms with Gasteiger partial charge in [0.1, 0.15) is 5.75 Å². The summed E-state index contributed by atoms with van der Waals surface area (Å²) in [5, 5.41) is 12.4. The quantitative estimate of drug-likeness (QED) is 0.667. The van der Waals surface area contributed by atoms with Gasteiger partial charge in [0.2, 0.25) is 0 Å². The van der Waals surface area contributed by atoms with Crippen molar-refractivity contribution in [1.29, 1.82) is 0 Å². The molecule has 0 aromatic heterocycles. The van der Waals surface area contributed by atoms with Crippen molar-refractivity contribution in [3.8, 4) is 17.2 Å². The van der Waals surface area contributed by atoms with Crippen LogP contribution in [0.3, 0.4) is 0 Å². The Labute approximate surface area is 138 Å². The molecule has 0 fully saturated rings. The summed E-state index contributed by atoms with van der Waals surface area (Å²) in [6, 6.07) is 9.70. The first-order chi connectivity index (χ1) is 11.6. The second-order valence-corrected chi connectivity index (χ2v) is 5.18. The number of ketones is 1. The van der Waals surface area contributed by atoms with Crippen LogP contribution in [0, 0.1) is 0 Å². The van der Waals surface area contributed by atoms with E-state index in [2.05, 4.69) is 5.32 Å². The number of rotatable bonds is 4. The number of amides is 1. The van der Waals surface area contributed by atoms with Gasteiger partial charge in [-0.1, -0.05) is 12.1 Å². The highest BCUT2D eigenvalue weighted by Gasteiger charge is 2.17. The predicted octanol–water partition coefficient (Wildman–Crippen LogP) is 2.63. The molecule has 0 atom stereocenters. The van der Waals surface area contributed by atoms with Crippen molar-refractivity contribution >= 4 is 23.5 Å². The molecule has 1 heterocycles. The number of aromatic hydroxyl groups is 1. The summed E-state index contributed by atoms with van der Waals surface area (Å²) in [4.78, 5) is 23.6. The molecule has 24 heavy (non-hydrogen) atoms. The molecule has 2 aromatic carbocycles. The number of benzene rings is 2. The van der Waals surface area contributed by atoms with Gasteiger partial charge >= 0.3 is 0 Å². The third-order valence-electron chi connectivity index (χ3n) is 3.53. The van der Waals surface area contributed by atoms with Crippen molar-refractivity contribution in [2.75, 3.05) is 19.0 Å². The molecule has 0 spiro atoms. The number of ether oxygens (including phenoxy) is 2. The molecule has 6 heteroatoms. The number of anilines is 1. The average molecular weight is 325 g/mol. The summed E-state index contributed by atoms with van der Waals surface area (Å²) in [7, 11) is 1.46. The average Bonchev–Trinajstić information content (AvgIpc) is 2.59. The Bertz CT molecular complexity index is 841. The largest absolute Gasteiger partial charge is 0.504 e. The molecule has 6 nitrogen and oxygen atoms in total. The van der Waals surface area contributed by atoms with Gasteiger partial charge < -0.3 is 19.9 Å². The first-order valence-corrected chi connectivity index (χ1v) is 7.23. The fourth-order valence-electron chi connectivity index (χ4n) is 2.32.